The molecule has 1 aliphatic rings. The van der Waals surface area contributed by atoms with E-state index in [1.807, 2.05) is 6.07 Å². The van der Waals surface area contributed by atoms with E-state index in [1.165, 1.54) is 45.3 Å². The summed E-state index contributed by atoms with van der Waals surface area (Å²) in [6.45, 7) is 9.31. The van der Waals surface area contributed by atoms with Crippen molar-refractivity contribution >= 4 is 16.7 Å². The molecule has 0 bridgehead atoms. The monoisotopic (exact) mass is 314 g/mol. The minimum atomic E-state index is 0.635. The van der Waals surface area contributed by atoms with Gasteiger partial charge in [0.25, 0.3) is 0 Å². The van der Waals surface area contributed by atoms with Gasteiger partial charge >= 0.3 is 0 Å². The lowest BCUT2D eigenvalue weighted by Gasteiger charge is -2.31. The normalized spacial score (nSPS) is 17.9. The van der Waals surface area contributed by atoms with Crippen molar-refractivity contribution < 1.29 is 0 Å². The Hall–Kier alpha value is -1.55. The van der Waals surface area contributed by atoms with Crippen LogP contribution in [0, 0.1) is 11.8 Å². The molecule has 4 heteroatoms. The second-order valence-electron chi connectivity index (χ2n) is 7.44. The maximum atomic E-state index is 6.10. The van der Waals surface area contributed by atoms with Crippen LogP contribution in [0.1, 0.15) is 39.5 Å². The summed E-state index contributed by atoms with van der Waals surface area (Å²) >= 11 is 0. The minimum Gasteiger partial charge on any atom is -0.382 e. The molecule has 0 radical (unpaired) electrons. The maximum Gasteiger partial charge on any atom is 0.153 e. The molecule has 1 unspecified atom stereocenters. The van der Waals surface area contributed by atoms with Crippen LogP contribution in [-0.2, 0) is 6.54 Å². The fourth-order valence-corrected chi connectivity index (χ4v) is 3.92. The number of nitrogens with zero attached hydrogens (tertiary/aromatic N) is 3. The number of anilines is 1. The first-order valence-corrected chi connectivity index (χ1v) is 9.07. The van der Waals surface area contributed by atoms with Crippen LogP contribution in [0.5, 0.6) is 0 Å². The molecule has 1 fully saturated rings. The zero-order chi connectivity index (χ0) is 16.2. The quantitative estimate of drug-likeness (QED) is 0.883. The predicted molar refractivity (Wildman–Crippen MR) is 97.4 cm³/mol. The Labute approximate surface area is 139 Å². The summed E-state index contributed by atoms with van der Waals surface area (Å²) in [7, 11) is 0. The van der Waals surface area contributed by atoms with Crippen molar-refractivity contribution in [3.05, 3.63) is 24.3 Å². The molecule has 3 rings (SSSR count). The number of hydrogen-bond acceptors (Lipinski definition) is 3. The lowest BCUT2D eigenvalue weighted by molar-refractivity contribution is 0.172. The molecule has 2 N–H and O–H groups in total. The second kappa shape index (κ2) is 7.35. The molecule has 2 aromatic rings. The van der Waals surface area contributed by atoms with Gasteiger partial charge in [0.1, 0.15) is 0 Å². The third kappa shape index (κ3) is 4.05. The van der Waals surface area contributed by atoms with Crippen LogP contribution in [0.15, 0.2) is 24.3 Å². The lowest BCUT2D eigenvalue weighted by atomic mass is 9.95. The van der Waals surface area contributed by atoms with Crippen LogP contribution in [0.3, 0.4) is 0 Å². The van der Waals surface area contributed by atoms with E-state index in [4.69, 9.17) is 5.73 Å². The largest absolute Gasteiger partial charge is 0.382 e. The highest BCUT2D eigenvalue weighted by atomic mass is 15.3. The van der Waals surface area contributed by atoms with Crippen molar-refractivity contribution in [2.24, 2.45) is 11.8 Å². The SMILES string of the molecule is CC(C)CC(CN1CCCCC1)Cn1nc(N)c2ccccc21. The summed E-state index contributed by atoms with van der Waals surface area (Å²) in [5, 5.41) is 5.68. The van der Waals surface area contributed by atoms with Gasteiger partial charge in [-0.05, 0) is 56.3 Å². The topological polar surface area (TPSA) is 47.1 Å². The molecule has 23 heavy (non-hydrogen) atoms. The Kier molecular flexibility index (Phi) is 5.21. The Morgan fingerprint density at radius 1 is 1.09 bits per heavy atom. The average molecular weight is 314 g/mol. The van der Waals surface area contributed by atoms with Gasteiger partial charge in [-0.2, -0.15) is 5.10 Å². The van der Waals surface area contributed by atoms with Crippen molar-refractivity contribution in [1.29, 1.82) is 0 Å². The van der Waals surface area contributed by atoms with Crippen LogP contribution in [0.2, 0.25) is 0 Å². The second-order valence-corrected chi connectivity index (χ2v) is 7.44. The van der Waals surface area contributed by atoms with E-state index in [0.29, 0.717) is 17.7 Å². The Balaban J connectivity index is 1.76. The first-order valence-electron chi connectivity index (χ1n) is 9.07. The van der Waals surface area contributed by atoms with Gasteiger partial charge in [-0.15, -0.1) is 0 Å². The molecule has 0 spiro atoms. The fourth-order valence-electron chi connectivity index (χ4n) is 3.92. The van der Waals surface area contributed by atoms with E-state index in [2.05, 4.69) is 46.7 Å². The van der Waals surface area contributed by atoms with Crippen LogP contribution in [-0.4, -0.2) is 34.3 Å². The molecule has 126 valence electrons. The number of rotatable bonds is 6. The van der Waals surface area contributed by atoms with Gasteiger partial charge in [-0.25, -0.2) is 0 Å². The highest BCUT2D eigenvalue weighted by Crippen LogP contribution is 2.24. The molecule has 0 saturated carbocycles. The first-order chi connectivity index (χ1) is 11.1. The third-order valence-electron chi connectivity index (χ3n) is 4.89. The number of piperidine rings is 1. The van der Waals surface area contributed by atoms with Crippen molar-refractivity contribution in [2.75, 3.05) is 25.4 Å². The molecule has 1 aromatic heterocycles. The average Bonchev–Trinajstić information content (AvgIpc) is 2.84. The maximum absolute atomic E-state index is 6.10. The summed E-state index contributed by atoms with van der Waals surface area (Å²) in [5.74, 6) is 2.00. The lowest BCUT2D eigenvalue weighted by Crippen LogP contribution is -2.36. The summed E-state index contributed by atoms with van der Waals surface area (Å²) in [6, 6.07) is 8.30. The number of nitrogen functional groups attached to an aromatic ring is 1. The molecule has 1 saturated heterocycles. The van der Waals surface area contributed by atoms with Gasteiger partial charge in [0, 0.05) is 18.5 Å². The Morgan fingerprint density at radius 2 is 1.83 bits per heavy atom. The van der Waals surface area contributed by atoms with E-state index >= 15 is 0 Å². The molecule has 1 aromatic carbocycles. The van der Waals surface area contributed by atoms with Crippen LogP contribution < -0.4 is 5.73 Å². The summed E-state index contributed by atoms with van der Waals surface area (Å²) in [4.78, 5) is 2.64. The van der Waals surface area contributed by atoms with E-state index in [-0.39, 0.29) is 0 Å². The van der Waals surface area contributed by atoms with E-state index in [1.54, 1.807) is 0 Å². The molecular formula is C19H30N4. The van der Waals surface area contributed by atoms with Crippen LogP contribution >= 0.6 is 0 Å². The number of hydrogen-bond donors (Lipinski definition) is 1. The van der Waals surface area contributed by atoms with E-state index in [9.17, 15) is 0 Å². The van der Waals surface area contributed by atoms with E-state index < -0.39 is 0 Å². The van der Waals surface area contributed by atoms with Gasteiger partial charge in [0.15, 0.2) is 5.82 Å². The highest BCUT2D eigenvalue weighted by Gasteiger charge is 2.19. The third-order valence-corrected chi connectivity index (χ3v) is 4.89. The van der Waals surface area contributed by atoms with Crippen molar-refractivity contribution in [1.82, 2.24) is 14.7 Å². The van der Waals surface area contributed by atoms with Gasteiger partial charge in [-0.3, -0.25) is 4.68 Å². The van der Waals surface area contributed by atoms with Gasteiger partial charge in [0.05, 0.1) is 5.52 Å². The number of fused-ring (bicyclic) bond motifs is 1. The summed E-state index contributed by atoms with van der Waals surface area (Å²) in [5.41, 5.74) is 7.26. The van der Waals surface area contributed by atoms with Crippen molar-refractivity contribution in [3.8, 4) is 0 Å². The first kappa shape index (κ1) is 16.3. The minimum absolute atomic E-state index is 0.635. The van der Waals surface area contributed by atoms with Gasteiger partial charge < -0.3 is 10.6 Å². The number of benzene rings is 1. The van der Waals surface area contributed by atoms with Gasteiger partial charge in [0.2, 0.25) is 0 Å². The van der Waals surface area contributed by atoms with Gasteiger partial charge in [-0.1, -0.05) is 32.4 Å². The Morgan fingerprint density at radius 3 is 2.57 bits per heavy atom. The smallest absolute Gasteiger partial charge is 0.153 e. The molecule has 4 nitrogen and oxygen atoms in total. The number of likely N-dealkylation sites (tertiary alicyclic amines) is 1. The molecule has 2 heterocycles. The molecule has 1 aliphatic heterocycles. The van der Waals surface area contributed by atoms with Crippen molar-refractivity contribution in [3.63, 3.8) is 0 Å². The zero-order valence-electron chi connectivity index (χ0n) is 14.5. The Bertz CT molecular complexity index is 625. The number of para-hydroxylation sites is 1. The summed E-state index contributed by atoms with van der Waals surface area (Å²) in [6.07, 6.45) is 5.34. The van der Waals surface area contributed by atoms with Crippen LogP contribution in [0.4, 0.5) is 5.82 Å². The number of aromatic nitrogens is 2. The molecule has 1 atom stereocenters. The highest BCUT2D eigenvalue weighted by molar-refractivity contribution is 5.88. The fraction of sp³-hybridized carbons (Fsp3) is 0.632. The molecule has 0 amide bonds. The predicted octanol–water partition coefficient (Wildman–Crippen LogP) is 3.77. The van der Waals surface area contributed by atoms with Crippen LogP contribution in [0.25, 0.3) is 10.9 Å². The van der Waals surface area contributed by atoms with E-state index in [0.717, 1.165) is 17.4 Å². The standard InChI is InChI=1S/C19H30N4/c1-15(2)12-16(13-22-10-6-3-7-11-22)14-23-18-9-5-4-8-17(18)19(20)21-23/h4-5,8-9,15-16H,3,6-7,10-14H2,1-2H3,(H2,20,21). The number of nitrogens with two attached hydrogens (primary N) is 1. The zero-order valence-corrected chi connectivity index (χ0v) is 14.5. The van der Waals surface area contributed by atoms with Crippen molar-refractivity contribution in [2.45, 2.75) is 46.1 Å². The molecule has 0 aliphatic carbocycles. The summed E-state index contributed by atoms with van der Waals surface area (Å²) < 4.78 is 2.13. The molecular weight excluding hydrogens is 284 g/mol.